The molecule has 20 heavy (non-hydrogen) atoms. The average Bonchev–Trinajstić information content (AvgIpc) is 2.92. The standard InChI is InChI=1S/C12H20N6O2/c1-17-3-4-18(2)9(7-17)11-15-12(20-16-11)8-5-14-10(19)6-13-8/h8-9,13H,3-7H2,1-2H3,(H,14,19). The van der Waals surface area contributed by atoms with Gasteiger partial charge >= 0.3 is 0 Å². The quantitative estimate of drug-likeness (QED) is 0.700. The fourth-order valence-electron chi connectivity index (χ4n) is 2.55. The van der Waals surface area contributed by atoms with E-state index < -0.39 is 0 Å². The molecule has 3 heterocycles. The molecule has 0 aromatic carbocycles. The molecular formula is C12H20N6O2. The van der Waals surface area contributed by atoms with E-state index in [9.17, 15) is 4.79 Å². The lowest BCUT2D eigenvalue weighted by Crippen LogP contribution is -2.47. The predicted octanol–water partition coefficient (Wildman–Crippen LogP) is -1.25. The lowest BCUT2D eigenvalue weighted by Gasteiger charge is -2.35. The molecule has 0 saturated carbocycles. The molecule has 2 aliphatic rings. The first kappa shape index (κ1) is 13.5. The zero-order valence-corrected chi connectivity index (χ0v) is 11.8. The summed E-state index contributed by atoms with van der Waals surface area (Å²) >= 11 is 0. The van der Waals surface area contributed by atoms with Crippen LogP contribution in [-0.2, 0) is 4.79 Å². The van der Waals surface area contributed by atoms with Gasteiger partial charge in [0.15, 0.2) is 5.82 Å². The zero-order valence-electron chi connectivity index (χ0n) is 11.8. The molecule has 8 nitrogen and oxygen atoms in total. The molecule has 3 rings (SSSR count). The number of piperazine rings is 2. The number of carbonyl (C=O) groups is 1. The SMILES string of the molecule is CN1CCN(C)C(c2noc(C3CNC(=O)CN3)n2)C1. The first-order chi connectivity index (χ1) is 9.63. The first-order valence-corrected chi connectivity index (χ1v) is 6.86. The summed E-state index contributed by atoms with van der Waals surface area (Å²) in [6, 6.07) is 0.0602. The van der Waals surface area contributed by atoms with Gasteiger partial charge in [-0.1, -0.05) is 5.16 Å². The van der Waals surface area contributed by atoms with Crippen LogP contribution in [0.5, 0.6) is 0 Å². The minimum absolute atomic E-state index is 0.00497. The Hall–Kier alpha value is -1.51. The van der Waals surface area contributed by atoms with Gasteiger partial charge in [-0.15, -0.1) is 0 Å². The third kappa shape index (κ3) is 2.67. The summed E-state index contributed by atoms with van der Waals surface area (Å²) in [7, 11) is 4.17. The smallest absolute Gasteiger partial charge is 0.245 e. The van der Waals surface area contributed by atoms with Crippen molar-refractivity contribution in [2.75, 3.05) is 46.8 Å². The third-order valence-electron chi connectivity index (χ3n) is 3.92. The Labute approximate surface area is 117 Å². The van der Waals surface area contributed by atoms with E-state index in [1.54, 1.807) is 0 Å². The van der Waals surface area contributed by atoms with Crippen LogP contribution in [0.1, 0.15) is 23.8 Å². The van der Waals surface area contributed by atoms with E-state index in [0.717, 1.165) is 19.6 Å². The number of likely N-dealkylation sites (N-methyl/N-ethyl adjacent to an activating group) is 2. The number of hydrogen-bond donors (Lipinski definition) is 2. The van der Waals surface area contributed by atoms with Gasteiger partial charge in [0.25, 0.3) is 0 Å². The molecule has 2 N–H and O–H groups in total. The number of nitrogens with one attached hydrogen (secondary N) is 2. The molecule has 1 aromatic heterocycles. The molecular weight excluding hydrogens is 260 g/mol. The van der Waals surface area contributed by atoms with Gasteiger partial charge in [0.05, 0.1) is 12.6 Å². The Kier molecular flexibility index (Phi) is 3.68. The van der Waals surface area contributed by atoms with E-state index in [1.807, 2.05) is 0 Å². The number of aromatic nitrogens is 2. The highest BCUT2D eigenvalue weighted by atomic mass is 16.5. The number of carbonyl (C=O) groups excluding carboxylic acids is 1. The lowest BCUT2D eigenvalue weighted by atomic mass is 10.1. The Morgan fingerprint density at radius 3 is 2.95 bits per heavy atom. The maximum atomic E-state index is 11.1. The van der Waals surface area contributed by atoms with Crippen molar-refractivity contribution in [1.82, 2.24) is 30.6 Å². The van der Waals surface area contributed by atoms with Gasteiger partial charge in [0, 0.05) is 26.2 Å². The number of nitrogens with zero attached hydrogens (tertiary/aromatic N) is 4. The molecule has 0 spiro atoms. The molecule has 0 bridgehead atoms. The Balaban J connectivity index is 1.71. The summed E-state index contributed by atoms with van der Waals surface area (Å²) in [6.45, 7) is 3.70. The molecule has 1 aromatic rings. The molecule has 0 radical (unpaired) electrons. The van der Waals surface area contributed by atoms with Crippen LogP contribution < -0.4 is 10.6 Å². The Morgan fingerprint density at radius 2 is 2.20 bits per heavy atom. The summed E-state index contributed by atoms with van der Waals surface area (Å²) in [4.78, 5) is 20.1. The van der Waals surface area contributed by atoms with Crippen molar-refractivity contribution in [3.05, 3.63) is 11.7 Å². The summed E-state index contributed by atoms with van der Waals surface area (Å²) in [6.07, 6.45) is 0. The summed E-state index contributed by atoms with van der Waals surface area (Å²) in [5, 5.41) is 9.99. The average molecular weight is 280 g/mol. The normalized spacial score (nSPS) is 29.4. The van der Waals surface area contributed by atoms with Crippen molar-refractivity contribution >= 4 is 5.91 Å². The maximum absolute atomic E-state index is 11.1. The highest BCUT2D eigenvalue weighted by Gasteiger charge is 2.30. The van der Waals surface area contributed by atoms with Crippen LogP contribution in [-0.4, -0.2) is 72.7 Å². The van der Waals surface area contributed by atoms with E-state index in [2.05, 4.69) is 44.7 Å². The van der Waals surface area contributed by atoms with Crippen molar-refractivity contribution in [2.24, 2.45) is 0 Å². The molecule has 1 amide bonds. The van der Waals surface area contributed by atoms with E-state index >= 15 is 0 Å². The van der Waals surface area contributed by atoms with Gasteiger partial charge in [-0.3, -0.25) is 15.0 Å². The van der Waals surface area contributed by atoms with Crippen LogP contribution in [0, 0.1) is 0 Å². The second-order valence-corrected chi connectivity index (χ2v) is 5.49. The summed E-state index contributed by atoms with van der Waals surface area (Å²) < 4.78 is 5.36. The van der Waals surface area contributed by atoms with Crippen LogP contribution >= 0.6 is 0 Å². The summed E-state index contributed by atoms with van der Waals surface area (Å²) in [5.41, 5.74) is 0. The fraction of sp³-hybridized carbons (Fsp3) is 0.750. The van der Waals surface area contributed by atoms with Crippen molar-refractivity contribution in [1.29, 1.82) is 0 Å². The fourth-order valence-corrected chi connectivity index (χ4v) is 2.55. The monoisotopic (exact) mass is 280 g/mol. The number of rotatable bonds is 2. The predicted molar refractivity (Wildman–Crippen MR) is 70.9 cm³/mol. The topological polar surface area (TPSA) is 86.5 Å². The molecule has 2 atom stereocenters. The van der Waals surface area contributed by atoms with E-state index in [1.165, 1.54) is 0 Å². The molecule has 0 aliphatic carbocycles. The van der Waals surface area contributed by atoms with E-state index in [-0.39, 0.29) is 24.5 Å². The second-order valence-electron chi connectivity index (χ2n) is 5.49. The van der Waals surface area contributed by atoms with Gasteiger partial charge < -0.3 is 14.7 Å². The van der Waals surface area contributed by atoms with Crippen molar-refractivity contribution in [3.8, 4) is 0 Å². The van der Waals surface area contributed by atoms with Gasteiger partial charge in [-0.25, -0.2) is 0 Å². The van der Waals surface area contributed by atoms with Crippen LogP contribution in [0.3, 0.4) is 0 Å². The Bertz CT molecular complexity index is 480. The highest BCUT2D eigenvalue weighted by Crippen LogP contribution is 2.22. The summed E-state index contributed by atoms with van der Waals surface area (Å²) in [5.74, 6) is 1.25. The van der Waals surface area contributed by atoms with E-state index in [0.29, 0.717) is 18.3 Å². The minimum atomic E-state index is -0.0967. The highest BCUT2D eigenvalue weighted by molar-refractivity contribution is 5.78. The molecule has 2 unspecified atom stereocenters. The largest absolute Gasteiger partial charge is 0.353 e. The molecule has 8 heteroatoms. The lowest BCUT2D eigenvalue weighted by molar-refractivity contribution is -0.121. The first-order valence-electron chi connectivity index (χ1n) is 6.86. The van der Waals surface area contributed by atoms with Gasteiger partial charge in [-0.2, -0.15) is 4.98 Å². The third-order valence-corrected chi connectivity index (χ3v) is 3.92. The number of amides is 1. The molecule has 2 fully saturated rings. The van der Waals surface area contributed by atoms with Gasteiger partial charge in [0.2, 0.25) is 11.8 Å². The minimum Gasteiger partial charge on any atom is -0.353 e. The van der Waals surface area contributed by atoms with Crippen molar-refractivity contribution in [2.45, 2.75) is 12.1 Å². The zero-order chi connectivity index (χ0) is 14.1. The van der Waals surface area contributed by atoms with Crippen LogP contribution in [0.25, 0.3) is 0 Å². The second kappa shape index (κ2) is 5.47. The van der Waals surface area contributed by atoms with E-state index in [4.69, 9.17) is 4.52 Å². The maximum Gasteiger partial charge on any atom is 0.245 e. The van der Waals surface area contributed by atoms with Crippen LogP contribution in [0.4, 0.5) is 0 Å². The molecule has 110 valence electrons. The molecule has 2 saturated heterocycles. The van der Waals surface area contributed by atoms with Gasteiger partial charge in [0.1, 0.15) is 6.04 Å². The molecule has 2 aliphatic heterocycles. The van der Waals surface area contributed by atoms with Gasteiger partial charge in [-0.05, 0) is 14.1 Å². The Morgan fingerprint density at radius 1 is 1.35 bits per heavy atom. The number of hydrogen-bond acceptors (Lipinski definition) is 7. The van der Waals surface area contributed by atoms with Crippen LogP contribution in [0.15, 0.2) is 4.52 Å². The van der Waals surface area contributed by atoms with Crippen molar-refractivity contribution < 1.29 is 9.32 Å². The van der Waals surface area contributed by atoms with Crippen LogP contribution in [0.2, 0.25) is 0 Å². The van der Waals surface area contributed by atoms with Crippen molar-refractivity contribution in [3.63, 3.8) is 0 Å².